The third-order valence-corrected chi connectivity index (χ3v) is 4.04. The molecule has 0 amide bonds. The molecule has 0 aliphatic heterocycles. The first kappa shape index (κ1) is 15.6. The molecule has 0 radical (unpaired) electrons. The van der Waals surface area contributed by atoms with Crippen molar-refractivity contribution < 1.29 is 4.39 Å². The number of hydrogen-bond donors (Lipinski definition) is 1. The average molecular weight is 331 g/mol. The molecule has 3 rings (SSSR count). The zero-order valence-electron chi connectivity index (χ0n) is 12.8. The van der Waals surface area contributed by atoms with Crippen LogP contribution in [0.3, 0.4) is 0 Å². The molecule has 2 N–H and O–H groups in total. The molecule has 4 nitrogen and oxygen atoms in total. The Balaban J connectivity index is 2.29. The van der Waals surface area contributed by atoms with Gasteiger partial charge in [0, 0.05) is 23.0 Å². The summed E-state index contributed by atoms with van der Waals surface area (Å²) in [6.45, 7) is 4.20. The predicted molar refractivity (Wildman–Crippen MR) is 90.8 cm³/mol. The monoisotopic (exact) mass is 330 g/mol. The molecule has 0 aliphatic rings. The highest BCUT2D eigenvalue weighted by Gasteiger charge is 2.15. The molecule has 6 heteroatoms. The van der Waals surface area contributed by atoms with E-state index in [9.17, 15) is 4.39 Å². The van der Waals surface area contributed by atoms with Crippen LogP contribution in [0, 0.1) is 5.82 Å². The maximum Gasteiger partial charge on any atom is 0.220 e. The number of nitrogens with zero attached hydrogens (tertiary/aromatic N) is 3. The first-order valence-electron chi connectivity index (χ1n) is 7.27. The Morgan fingerprint density at radius 1 is 1.22 bits per heavy atom. The van der Waals surface area contributed by atoms with Gasteiger partial charge in [-0.15, -0.1) is 11.6 Å². The number of hydrogen-bond acceptors (Lipinski definition) is 4. The Morgan fingerprint density at radius 2 is 2.00 bits per heavy atom. The number of benzene rings is 1. The molecule has 0 atom stereocenters. The second-order valence-electron chi connectivity index (χ2n) is 5.64. The molecular weight excluding hydrogens is 315 g/mol. The number of nitrogen functional groups attached to an aromatic ring is 1. The summed E-state index contributed by atoms with van der Waals surface area (Å²) in [7, 11) is 0. The van der Waals surface area contributed by atoms with E-state index in [1.54, 1.807) is 12.3 Å². The SMILES string of the molecule is CC(C)c1c(CCl)cnc2ccc(-c3nc(N)ncc3F)cc12. The van der Waals surface area contributed by atoms with Crippen LogP contribution in [0.25, 0.3) is 22.2 Å². The molecule has 1 aromatic carbocycles. The van der Waals surface area contributed by atoms with Crippen molar-refractivity contribution >= 4 is 28.5 Å². The average Bonchev–Trinajstić information content (AvgIpc) is 2.55. The number of alkyl halides is 1. The summed E-state index contributed by atoms with van der Waals surface area (Å²) in [5.41, 5.74) is 9.35. The van der Waals surface area contributed by atoms with E-state index < -0.39 is 5.82 Å². The maximum atomic E-state index is 14.0. The lowest BCUT2D eigenvalue weighted by molar-refractivity contribution is 0.619. The van der Waals surface area contributed by atoms with Gasteiger partial charge in [0.1, 0.15) is 5.69 Å². The minimum Gasteiger partial charge on any atom is -0.368 e. The van der Waals surface area contributed by atoms with Gasteiger partial charge in [0.2, 0.25) is 5.95 Å². The third kappa shape index (κ3) is 2.84. The van der Waals surface area contributed by atoms with Crippen LogP contribution >= 0.6 is 11.6 Å². The molecule has 2 heterocycles. The molecule has 0 saturated carbocycles. The summed E-state index contributed by atoms with van der Waals surface area (Å²) in [5.74, 6) is 0.185. The number of fused-ring (bicyclic) bond motifs is 1. The van der Waals surface area contributed by atoms with Crippen LogP contribution in [0.2, 0.25) is 0 Å². The van der Waals surface area contributed by atoms with Crippen LogP contribution in [0.1, 0.15) is 30.9 Å². The van der Waals surface area contributed by atoms with Gasteiger partial charge in [-0.2, -0.15) is 0 Å². The summed E-state index contributed by atoms with van der Waals surface area (Å²) in [4.78, 5) is 12.1. The van der Waals surface area contributed by atoms with Crippen molar-refractivity contribution in [2.45, 2.75) is 25.6 Å². The Morgan fingerprint density at radius 3 is 2.70 bits per heavy atom. The molecule has 0 fully saturated rings. The van der Waals surface area contributed by atoms with Crippen molar-refractivity contribution in [3.8, 4) is 11.3 Å². The number of anilines is 1. The van der Waals surface area contributed by atoms with Gasteiger partial charge in [-0.25, -0.2) is 14.4 Å². The van der Waals surface area contributed by atoms with Gasteiger partial charge in [0.05, 0.1) is 11.7 Å². The minimum absolute atomic E-state index is 0.0400. The van der Waals surface area contributed by atoms with Crippen molar-refractivity contribution in [2.24, 2.45) is 0 Å². The number of aromatic nitrogens is 3. The largest absolute Gasteiger partial charge is 0.368 e. The minimum atomic E-state index is -0.508. The first-order chi connectivity index (χ1) is 11.0. The Labute approximate surface area is 138 Å². The maximum absolute atomic E-state index is 14.0. The van der Waals surface area contributed by atoms with Gasteiger partial charge < -0.3 is 5.73 Å². The van der Waals surface area contributed by atoms with Crippen molar-refractivity contribution in [1.29, 1.82) is 0 Å². The lowest BCUT2D eigenvalue weighted by Gasteiger charge is -2.15. The van der Waals surface area contributed by atoms with Crippen LogP contribution in [0.4, 0.5) is 10.3 Å². The van der Waals surface area contributed by atoms with E-state index in [1.165, 1.54) is 0 Å². The van der Waals surface area contributed by atoms with E-state index in [2.05, 4.69) is 28.8 Å². The Bertz CT molecular complexity index is 880. The summed E-state index contributed by atoms with van der Waals surface area (Å²) >= 11 is 6.04. The molecule has 118 valence electrons. The van der Waals surface area contributed by atoms with Crippen molar-refractivity contribution in [1.82, 2.24) is 15.0 Å². The topological polar surface area (TPSA) is 64.7 Å². The summed E-state index contributed by atoms with van der Waals surface area (Å²) in [6, 6.07) is 5.52. The third-order valence-electron chi connectivity index (χ3n) is 3.75. The fraction of sp³-hybridized carbons (Fsp3) is 0.235. The van der Waals surface area contributed by atoms with E-state index in [0.717, 1.165) is 28.2 Å². The zero-order valence-corrected chi connectivity index (χ0v) is 13.6. The van der Waals surface area contributed by atoms with Gasteiger partial charge in [-0.1, -0.05) is 19.9 Å². The second-order valence-corrected chi connectivity index (χ2v) is 5.91. The van der Waals surface area contributed by atoms with Crippen LogP contribution in [-0.4, -0.2) is 15.0 Å². The van der Waals surface area contributed by atoms with E-state index >= 15 is 0 Å². The van der Waals surface area contributed by atoms with Gasteiger partial charge in [-0.05, 0) is 29.2 Å². The van der Waals surface area contributed by atoms with Gasteiger partial charge in [-0.3, -0.25) is 4.98 Å². The van der Waals surface area contributed by atoms with E-state index in [4.69, 9.17) is 17.3 Å². The highest BCUT2D eigenvalue weighted by Crippen LogP contribution is 2.32. The molecule has 0 aliphatic carbocycles. The molecule has 0 spiro atoms. The molecule has 3 aromatic rings. The number of rotatable bonds is 3. The zero-order chi connectivity index (χ0) is 16.6. The molecule has 0 unspecified atom stereocenters. The van der Waals surface area contributed by atoms with Crippen LogP contribution in [0.5, 0.6) is 0 Å². The fourth-order valence-electron chi connectivity index (χ4n) is 2.77. The highest BCUT2D eigenvalue weighted by molar-refractivity contribution is 6.17. The van der Waals surface area contributed by atoms with E-state index in [0.29, 0.717) is 11.4 Å². The van der Waals surface area contributed by atoms with Gasteiger partial charge in [0.15, 0.2) is 5.82 Å². The standard InChI is InChI=1S/C17H16ClFN4/c1-9(2)15-11(6-18)7-21-14-4-3-10(5-12(14)15)16-13(19)8-22-17(20)23-16/h3-5,7-9H,6H2,1-2H3,(H2,20,22,23). The van der Waals surface area contributed by atoms with E-state index in [1.807, 2.05) is 12.1 Å². The van der Waals surface area contributed by atoms with Crippen LogP contribution in [-0.2, 0) is 5.88 Å². The molecule has 0 bridgehead atoms. The first-order valence-corrected chi connectivity index (χ1v) is 7.80. The summed E-state index contributed by atoms with van der Waals surface area (Å²) < 4.78 is 14.0. The molecular formula is C17H16ClFN4. The van der Waals surface area contributed by atoms with Gasteiger partial charge in [0.25, 0.3) is 0 Å². The van der Waals surface area contributed by atoms with E-state index in [-0.39, 0.29) is 17.6 Å². The lowest BCUT2D eigenvalue weighted by atomic mass is 9.93. The molecule has 0 saturated heterocycles. The number of halogens is 2. The summed E-state index contributed by atoms with van der Waals surface area (Å²) in [6.07, 6.45) is 2.88. The second kappa shape index (κ2) is 6.08. The molecule has 2 aromatic heterocycles. The predicted octanol–water partition coefficient (Wildman–Crippen LogP) is 4.28. The van der Waals surface area contributed by atoms with Crippen molar-refractivity contribution in [2.75, 3.05) is 5.73 Å². The normalized spacial score (nSPS) is 11.3. The van der Waals surface area contributed by atoms with Crippen molar-refractivity contribution in [3.05, 3.63) is 47.5 Å². The Kier molecular flexibility index (Phi) is 4.13. The van der Waals surface area contributed by atoms with Crippen molar-refractivity contribution in [3.63, 3.8) is 0 Å². The highest BCUT2D eigenvalue weighted by atomic mass is 35.5. The Hall–Kier alpha value is -2.27. The van der Waals surface area contributed by atoms with Crippen LogP contribution < -0.4 is 5.73 Å². The van der Waals surface area contributed by atoms with Gasteiger partial charge >= 0.3 is 0 Å². The smallest absolute Gasteiger partial charge is 0.220 e. The fourth-order valence-corrected chi connectivity index (χ4v) is 2.99. The lowest BCUT2D eigenvalue weighted by Crippen LogP contribution is -2.01. The summed E-state index contributed by atoms with van der Waals surface area (Å²) in [5, 5.41) is 0.951. The molecule has 23 heavy (non-hydrogen) atoms. The number of nitrogens with two attached hydrogens (primary N) is 1. The quantitative estimate of drug-likeness (QED) is 0.728. The van der Waals surface area contributed by atoms with Crippen LogP contribution in [0.15, 0.2) is 30.6 Å². The number of pyridine rings is 1.